The van der Waals surface area contributed by atoms with E-state index in [0.717, 1.165) is 73.2 Å². The van der Waals surface area contributed by atoms with E-state index < -0.39 is 0 Å². The van der Waals surface area contributed by atoms with Crippen molar-refractivity contribution in [3.05, 3.63) is 176 Å². The Balaban J connectivity index is 1.07. The molecule has 1 atom stereocenters. The summed E-state index contributed by atoms with van der Waals surface area (Å²) in [6, 6.07) is 50.1. The topological polar surface area (TPSA) is 77.6 Å². The quantitative estimate of drug-likeness (QED) is 0.169. The second-order valence-corrected chi connectivity index (χ2v) is 15.1. The third kappa shape index (κ3) is 5.60. The number of fused-ring (bicyclic) bond motifs is 6. The number of nitrogens with zero attached hydrogens (tertiary/aromatic N) is 5. The van der Waals surface area contributed by atoms with Gasteiger partial charge in [-0.2, -0.15) is 0 Å². The van der Waals surface area contributed by atoms with Crippen LogP contribution in [-0.4, -0.2) is 24.9 Å². The molecule has 56 heavy (non-hydrogen) atoms. The number of furan rings is 1. The first-order chi connectivity index (χ1) is 27.7. The molecule has 0 aliphatic heterocycles. The number of aromatic nitrogens is 5. The van der Waals surface area contributed by atoms with Gasteiger partial charge in [0.15, 0.2) is 23.1 Å². The monoisotopic (exact) mass is 737 g/mol. The van der Waals surface area contributed by atoms with Crippen LogP contribution in [0.15, 0.2) is 174 Å². The molecule has 0 bridgehead atoms. The normalized spacial score (nSPS) is 14.0. The minimum atomic E-state index is 0.0945. The summed E-state index contributed by atoms with van der Waals surface area (Å²) < 4.78 is 8.91. The molecular weight excluding hydrogens is 707 g/mol. The van der Waals surface area contributed by atoms with Crippen LogP contribution in [0.1, 0.15) is 18.2 Å². The molecule has 1 unspecified atom stereocenters. The second-order valence-electron chi connectivity index (χ2n) is 14.0. The van der Waals surface area contributed by atoms with E-state index in [0.29, 0.717) is 23.1 Å². The van der Waals surface area contributed by atoms with Gasteiger partial charge in [0, 0.05) is 53.7 Å². The molecule has 0 saturated carbocycles. The molecule has 0 N–H and O–H groups in total. The third-order valence-corrected chi connectivity index (χ3v) is 11.6. The van der Waals surface area contributed by atoms with E-state index in [1.165, 1.54) is 14.8 Å². The van der Waals surface area contributed by atoms with Crippen molar-refractivity contribution in [3.63, 3.8) is 0 Å². The zero-order valence-corrected chi connectivity index (χ0v) is 30.8. The predicted octanol–water partition coefficient (Wildman–Crippen LogP) is 12.9. The Kier molecular flexibility index (Phi) is 7.70. The van der Waals surface area contributed by atoms with Crippen molar-refractivity contribution in [3.8, 4) is 56.5 Å². The zero-order valence-electron chi connectivity index (χ0n) is 30.0. The molecule has 11 rings (SSSR count). The van der Waals surface area contributed by atoms with Crippen LogP contribution in [0, 0.1) is 0 Å². The average molecular weight is 738 g/mol. The fraction of sp³-hybridized carbons (Fsp3) is 0.0408. The molecule has 0 amide bonds. The van der Waals surface area contributed by atoms with Gasteiger partial charge in [-0.25, -0.2) is 24.9 Å². The maximum Gasteiger partial charge on any atom is 0.180 e. The number of para-hydroxylation sites is 1. The van der Waals surface area contributed by atoms with E-state index in [1.54, 1.807) is 11.3 Å². The van der Waals surface area contributed by atoms with Gasteiger partial charge in [0.25, 0.3) is 0 Å². The second kappa shape index (κ2) is 13.3. The van der Waals surface area contributed by atoms with Gasteiger partial charge in [-0.1, -0.05) is 127 Å². The highest BCUT2D eigenvalue weighted by Crippen LogP contribution is 2.43. The highest BCUT2D eigenvalue weighted by atomic mass is 32.1. The van der Waals surface area contributed by atoms with Crippen LogP contribution in [0.3, 0.4) is 0 Å². The first-order valence-electron chi connectivity index (χ1n) is 18.7. The molecule has 0 saturated heterocycles. The highest BCUT2D eigenvalue weighted by molar-refractivity contribution is 7.26. The number of rotatable bonds is 6. The van der Waals surface area contributed by atoms with Crippen molar-refractivity contribution in [2.75, 3.05) is 0 Å². The maximum absolute atomic E-state index is 6.50. The molecule has 0 spiro atoms. The Morgan fingerprint density at radius 1 is 0.518 bits per heavy atom. The van der Waals surface area contributed by atoms with Gasteiger partial charge in [-0.3, -0.25) is 0 Å². The van der Waals surface area contributed by atoms with Crippen molar-refractivity contribution in [2.45, 2.75) is 12.3 Å². The van der Waals surface area contributed by atoms with Gasteiger partial charge in [-0.05, 0) is 60.0 Å². The summed E-state index contributed by atoms with van der Waals surface area (Å²) in [6.07, 6.45) is 9.38. The van der Waals surface area contributed by atoms with Crippen molar-refractivity contribution in [2.24, 2.45) is 0 Å². The first kappa shape index (κ1) is 32.3. The van der Waals surface area contributed by atoms with Crippen LogP contribution in [0.25, 0.3) is 98.8 Å². The molecule has 4 heterocycles. The van der Waals surface area contributed by atoms with Crippen LogP contribution in [0.5, 0.6) is 0 Å². The van der Waals surface area contributed by atoms with Gasteiger partial charge in [0.1, 0.15) is 22.6 Å². The molecule has 0 fully saturated rings. The van der Waals surface area contributed by atoms with Crippen molar-refractivity contribution < 1.29 is 4.42 Å². The van der Waals surface area contributed by atoms with Crippen LogP contribution in [0.4, 0.5) is 0 Å². The summed E-state index contributed by atoms with van der Waals surface area (Å²) >= 11 is 1.80. The first-order valence-corrected chi connectivity index (χ1v) is 19.5. The summed E-state index contributed by atoms with van der Waals surface area (Å²) in [5.74, 6) is 2.81. The Bertz CT molecular complexity index is 3130. The fourth-order valence-electron chi connectivity index (χ4n) is 7.72. The minimum Gasteiger partial charge on any atom is -0.452 e. The summed E-state index contributed by atoms with van der Waals surface area (Å²) in [5.41, 5.74) is 9.20. The van der Waals surface area contributed by atoms with Gasteiger partial charge in [-0.15, -0.1) is 11.3 Å². The van der Waals surface area contributed by atoms with E-state index in [-0.39, 0.29) is 5.92 Å². The van der Waals surface area contributed by atoms with Gasteiger partial charge >= 0.3 is 0 Å². The summed E-state index contributed by atoms with van der Waals surface area (Å²) in [6.45, 7) is 0. The SMILES string of the molecule is C1=CCC(c2nc(-c3cccc(-c4cccc5sc6ccc(-c7nc(-c8ccccc8)nc(-c8ccccc8)n7)cc6c45)c3)c3oc4ccccc4c3n2)C=C1. The fourth-order valence-corrected chi connectivity index (χ4v) is 8.83. The number of hydrogen-bond donors (Lipinski definition) is 0. The van der Waals surface area contributed by atoms with Crippen molar-refractivity contribution in [1.29, 1.82) is 0 Å². The molecule has 6 aromatic carbocycles. The highest BCUT2D eigenvalue weighted by Gasteiger charge is 2.22. The lowest BCUT2D eigenvalue weighted by molar-refractivity contribution is 0.664. The molecule has 1 aliphatic carbocycles. The molecule has 6 nitrogen and oxygen atoms in total. The maximum atomic E-state index is 6.50. The number of benzene rings is 6. The van der Waals surface area contributed by atoms with E-state index in [4.69, 9.17) is 29.3 Å². The number of thiophene rings is 1. The zero-order chi connectivity index (χ0) is 37.0. The summed E-state index contributed by atoms with van der Waals surface area (Å²) in [7, 11) is 0. The van der Waals surface area contributed by atoms with E-state index in [1.807, 2.05) is 78.9 Å². The molecular formula is C49H31N5OS. The Morgan fingerprint density at radius 3 is 1.98 bits per heavy atom. The Hall–Kier alpha value is -7.09. The van der Waals surface area contributed by atoms with E-state index in [9.17, 15) is 0 Å². The lowest BCUT2D eigenvalue weighted by Gasteiger charge is -2.14. The smallest absolute Gasteiger partial charge is 0.180 e. The molecule has 0 radical (unpaired) electrons. The van der Waals surface area contributed by atoms with Crippen LogP contribution < -0.4 is 0 Å². The average Bonchev–Trinajstić information content (AvgIpc) is 3.85. The number of allylic oxidation sites excluding steroid dienone is 4. The predicted molar refractivity (Wildman–Crippen MR) is 228 cm³/mol. The summed E-state index contributed by atoms with van der Waals surface area (Å²) in [5, 5.41) is 3.35. The summed E-state index contributed by atoms with van der Waals surface area (Å²) in [4.78, 5) is 25.3. The number of hydrogen-bond acceptors (Lipinski definition) is 7. The molecule has 4 aromatic heterocycles. The van der Waals surface area contributed by atoms with Crippen LogP contribution in [0.2, 0.25) is 0 Å². The molecule has 264 valence electrons. The van der Waals surface area contributed by atoms with E-state index >= 15 is 0 Å². The van der Waals surface area contributed by atoms with Gasteiger partial charge in [0.2, 0.25) is 0 Å². The van der Waals surface area contributed by atoms with E-state index in [2.05, 4.69) is 91.0 Å². The minimum absolute atomic E-state index is 0.0945. The molecule has 7 heteroatoms. The third-order valence-electron chi connectivity index (χ3n) is 10.4. The Morgan fingerprint density at radius 2 is 1.21 bits per heavy atom. The lowest BCUT2D eigenvalue weighted by atomic mass is 9.96. The van der Waals surface area contributed by atoms with Crippen LogP contribution in [-0.2, 0) is 0 Å². The van der Waals surface area contributed by atoms with Crippen LogP contribution >= 0.6 is 11.3 Å². The largest absolute Gasteiger partial charge is 0.452 e. The molecule has 10 aromatic rings. The van der Waals surface area contributed by atoms with Crippen molar-refractivity contribution >= 4 is 53.6 Å². The Labute approximate surface area is 326 Å². The standard InChI is InChI=1S/C49H31N5OS/c1-4-14-30(15-5-1)46-50-43(45-44(51-46)37-22-10-11-24-39(37)55-45)34-21-12-20-33(28-34)36-23-13-25-41-42(36)38-29-35(26-27-40(38)56-41)49-53-47(31-16-6-2-7-17-31)52-48(54-49)32-18-8-3-9-19-32/h1-14,16-30H,15H2. The lowest BCUT2D eigenvalue weighted by Crippen LogP contribution is -2.04. The molecule has 1 aliphatic rings. The van der Waals surface area contributed by atoms with Gasteiger partial charge in [0.05, 0.1) is 0 Å². The van der Waals surface area contributed by atoms with Gasteiger partial charge < -0.3 is 4.42 Å². The van der Waals surface area contributed by atoms with Crippen molar-refractivity contribution in [1.82, 2.24) is 24.9 Å².